The van der Waals surface area contributed by atoms with Gasteiger partial charge in [-0.15, -0.1) is 0 Å². The molecule has 0 aliphatic carbocycles. The van der Waals surface area contributed by atoms with Gasteiger partial charge in [0.2, 0.25) is 5.91 Å². The van der Waals surface area contributed by atoms with Gasteiger partial charge in [0.25, 0.3) is 0 Å². The number of amides is 1. The lowest BCUT2D eigenvalue weighted by atomic mass is 10.2. The number of nitrogens with zero attached hydrogens (tertiary/aromatic N) is 2. The quantitative estimate of drug-likeness (QED) is 0.858. The van der Waals surface area contributed by atoms with E-state index in [1.807, 2.05) is 50.4 Å². The molecular formula is C16H22N4O. The van der Waals surface area contributed by atoms with Gasteiger partial charge in [-0.1, -0.05) is 24.6 Å². The van der Waals surface area contributed by atoms with Gasteiger partial charge in [-0.2, -0.15) is 5.10 Å². The first kappa shape index (κ1) is 15.1. The molecule has 0 spiro atoms. The van der Waals surface area contributed by atoms with Crippen LogP contribution in [-0.2, 0) is 4.79 Å². The minimum absolute atomic E-state index is 0.0123. The predicted octanol–water partition coefficient (Wildman–Crippen LogP) is 2.51. The molecule has 1 aromatic carbocycles. The standard InChI is InChI=1S/C16H22N4O/c1-4-10-17-16(21)13(3)18-15-9-11-20(19-15)14-7-5-12(2)6-8-14/h5-9,11,13H,4,10H2,1-3H3,(H,17,21)(H,18,19). The fourth-order valence-electron chi connectivity index (χ4n) is 1.93. The lowest BCUT2D eigenvalue weighted by Crippen LogP contribution is -2.37. The zero-order valence-electron chi connectivity index (χ0n) is 12.8. The Bertz CT molecular complexity index is 589. The predicted molar refractivity (Wildman–Crippen MR) is 84.7 cm³/mol. The van der Waals surface area contributed by atoms with Crippen LogP contribution in [0.2, 0.25) is 0 Å². The number of nitrogens with one attached hydrogen (secondary N) is 2. The smallest absolute Gasteiger partial charge is 0.242 e. The van der Waals surface area contributed by atoms with Crippen LogP contribution in [0.4, 0.5) is 5.82 Å². The molecule has 5 nitrogen and oxygen atoms in total. The molecule has 0 aliphatic rings. The number of carbonyl (C=O) groups excluding carboxylic acids is 1. The van der Waals surface area contributed by atoms with E-state index in [9.17, 15) is 4.79 Å². The molecule has 0 saturated carbocycles. The normalized spacial score (nSPS) is 12.0. The number of hydrogen-bond donors (Lipinski definition) is 2. The highest BCUT2D eigenvalue weighted by Crippen LogP contribution is 2.12. The van der Waals surface area contributed by atoms with Crippen molar-refractivity contribution in [2.75, 3.05) is 11.9 Å². The third kappa shape index (κ3) is 4.08. The van der Waals surface area contributed by atoms with Crippen molar-refractivity contribution in [1.29, 1.82) is 0 Å². The van der Waals surface area contributed by atoms with Crippen molar-refractivity contribution < 1.29 is 4.79 Å². The first-order valence-corrected chi connectivity index (χ1v) is 7.27. The van der Waals surface area contributed by atoms with Crippen LogP contribution < -0.4 is 10.6 Å². The largest absolute Gasteiger partial charge is 0.357 e. The highest BCUT2D eigenvalue weighted by molar-refractivity contribution is 5.83. The van der Waals surface area contributed by atoms with Crippen LogP contribution in [0, 0.1) is 6.92 Å². The number of rotatable bonds is 6. The fourth-order valence-corrected chi connectivity index (χ4v) is 1.93. The molecule has 1 heterocycles. The van der Waals surface area contributed by atoms with Gasteiger partial charge < -0.3 is 10.6 Å². The topological polar surface area (TPSA) is 59.0 Å². The maximum absolute atomic E-state index is 11.8. The van der Waals surface area contributed by atoms with E-state index in [-0.39, 0.29) is 11.9 Å². The van der Waals surface area contributed by atoms with E-state index < -0.39 is 0 Å². The van der Waals surface area contributed by atoms with E-state index in [1.54, 1.807) is 4.68 Å². The van der Waals surface area contributed by atoms with Crippen LogP contribution >= 0.6 is 0 Å². The van der Waals surface area contributed by atoms with Crippen molar-refractivity contribution in [3.8, 4) is 5.69 Å². The van der Waals surface area contributed by atoms with E-state index in [1.165, 1.54) is 5.56 Å². The molecule has 1 unspecified atom stereocenters. The Kier molecular flexibility index (Phi) is 4.98. The summed E-state index contributed by atoms with van der Waals surface area (Å²) in [5, 5.41) is 10.4. The molecule has 2 aromatic rings. The highest BCUT2D eigenvalue weighted by Gasteiger charge is 2.12. The zero-order chi connectivity index (χ0) is 15.2. The summed E-state index contributed by atoms with van der Waals surface area (Å²) in [6.07, 6.45) is 2.81. The van der Waals surface area contributed by atoms with Gasteiger partial charge in [0.15, 0.2) is 0 Å². The molecule has 1 aromatic heterocycles. The lowest BCUT2D eigenvalue weighted by Gasteiger charge is -2.12. The molecule has 5 heteroatoms. The van der Waals surface area contributed by atoms with Crippen molar-refractivity contribution in [3.05, 3.63) is 42.1 Å². The van der Waals surface area contributed by atoms with Crippen LogP contribution in [0.25, 0.3) is 5.69 Å². The van der Waals surface area contributed by atoms with Gasteiger partial charge in [-0.3, -0.25) is 4.79 Å². The minimum Gasteiger partial charge on any atom is -0.357 e. The van der Waals surface area contributed by atoms with E-state index in [4.69, 9.17) is 0 Å². The van der Waals surface area contributed by atoms with E-state index in [2.05, 4.69) is 22.7 Å². The summed E-state index contributed by atoms with van der Waals surface area (Å²) in [4.78, 5) is 11.8. The molecule has 0 radical (unpaired) electrons. The summed E-state index contributed by atoms with van der Waals surface area (Å²) in [6, 6.07) is 9.68. The van der Waals surface area contributed by atoms with Crippen LogP contribution in [0.5, 0.6) is 0 Å². The molecule has 0 fully saturated rings. The zero-order valence-corrected chi connectivity index (χ0v) is 12.8. The Morgan fingerprint density at radius 1 is 1.29 bits per heavy atom. The van der Waals surface area contributed by atoms with E-state index in [0.29, 0.717) is 12.4 Å². The third-order valence-corrected chi connectivity index (χ3v) is 3.19. The van der Waals surface area contributed by atoms with Crippen molar-refractivity contribution in [1.82, 2.24) is 15.1 Å². The molecule has 2 N–H and O–H groups in total. The Labute approximate surface area is 125 Å². The number of anilines is 1. The summed E-state index contributed by atoms with van der Waals surface area (Å²) < 4.78 is 1.79. The highest BCUT2D eigenvalue weighted by atomic mass is 16.2. The van der Waals surface area contributed by atoms with Crippen molar-refractivity contribution in [3.63, 3.8) is 0 Å². The van der Waals surface area contributed by atoms with Gasteiger partial charge in [0, 0.05) is 18.8 Å². The Hall–Kier alpha value is -2.30. The molecular weight excluding hydrogens is 264 g/mol. The maximum Gasteiger partial charge on any atom is 0.242 e. The number of benzene rings is 1. The molecule has 0 saturated heterocycles. The molecule has 0 bridgehead atoms. The second-order valence-electron chi connectivity index (χ2n) is 5.14. The number of aryl methyl sites for hydroxylation is 1. The average molecular weight is 286 g/mol. The van der Waals surface area contributed by atoms with Crippen LogP contribution in [-0.4, -0.2) is 28.3 Å². The second-order valence-corrected chi connectivity index (χ2v) is 5.14. The van der Waals surface area contributed by atoms with Gasteiger partial charge in [0.1, 0.15) is 11.9 Å². The van der Waals surface area contributed by atoms with Gasteiger partial charge in [0.05, 0.1) is 5.69 Å². The molecule has 2 rings (SSSR count). The molecule has 1 amide bonds. The third-order valence-electron chi connectivity index (χ3n) is 3.19. The minimum atomic E-state index is -0.307. The van der Waals surface area contributed by atoms with Crippen molar-refractivity contribution in [2.24, 2.45) is 0 Å². The molecule has 0 aliphatic heterocycles. The van der Waals surface area contributed by atoms with Gasteiger partial charge in [-0.05, 0) is 32.4 Å². The fraction of sp³-hybridized carbons (Fsp3) is 0.375. The summed E-state index contributed by atoms with van der Waals surface area (Å²) in [7, 11) is 0. The molecule has 1 atom stereocenters. The van der Waals surface area contributed by atoms with Crippen LogP contribution in [0.15, 0.2) is 36.5 Å². The maximum atomic E-state index is 11.8. The summed E-state index contributed by atoms with van der Waals surface area (Å²) in [5.74, 6) is 0.677. The van der Waals surface area contributed by atoms with Crippen LogP contribution in [0.1, 0.15) is 25.8 Å². The first-order chi connectivity index (χ1) is 10.1. The lowest BCUT2D eigenvalue weighted by molar-refractivity contribution is -0.121. The first-order valence-electron chi connectivity index (χ1n) is 7.27. The number of carbonyl (C=O) groups is 1. The van der Waals surface area contributed by atoms with Gasteiger partial charge >= 0.3 is 0 Å². The van der Waals surface area contributed by atoms with Gasteiger partial charge in [-0.25, -0.2) is 4.68 Å². The monoisotopic (exact) mass is 286 g/mol. The Balaban J connectivity index is 2.00. The number of hydrogen-bond acceptors (Lipinski definition) is 3. The molecule has 112 valence electrons. The summed E-state index contributed by atoms with van der Waals surface area (Å²) >= 11 is 0. The second kappa shape index (κ2) is 6.92. The Morgan fingerprint density at radius 2 is 2.00 bits per heavy atom. The summed E-state index contributed by atoms with van der Waals surface area (Å²) in [6.45, 7) is 6.61. The SMILES string of the molecule is CCCNC(=O)C(C)Nc1ccn(-c2ccc(C)cc2)n1. The van der Waals surface area contributed by atoms with Crippen molar-refractivity contribution >= 4 is 11.7 Å². The van der Waals surface area contributed by atoms with Crippen molar-refractivity contribution in [2.45, 2.75) is 33.2 Å². The Morgan fingerprint density at radius 3 is 2.67 bits per heavy atom. The van der Waals surface area contributed by atoms with Crippen LogP contribution in [0.3, 0.4) is 0 Å². The van der Waals surface area contributed by atoms with E-state index in [0.717, 1.165) is 12.1 Å². The summed E-state index contributed by atoms with van der Waals surface area (Å²) in [5.41, 5.74) is 2.21. The number of aromatic nitrogens is 2. The van der Waals surface area contributed by atoms with E-state index >= 15 is 0 Å². The molecule has 21 heavy (non-hydrogen) atoms. The average Bonchev–Trinajstić information content (AvgIpc) is 2.93.